The van der Waals surface area contributed by atoms with Gasteiger partial charge in [-0.25, -0.2) is 4.68 Å². The number of amides is 2. The van der Waals surface area contributed by atoms with Crippen LogP contribution in [-0.2, 0) is 16.1 Å². The van der Waals surface area contributed by atoms with E-state index in [2.05, 4.69) is 15.6 Å². The number of anilines is 1. The van der Waals surface area contributed by atoms with Crippen molar-refractivity contribution in [3.8, 4) is 5.75 Å². The topological polar surface area (TPSA) is 102 Å². The van der Waals surface area contributed by atoms with Crippen LogP contribution in [-0.4, -0.2) is 40.0 Å². The molecule has 0 saturated heterocycles. The van der Waals surface area contributed by atoms with Gasteiger partial charge in [0.25, 0.3) is 5.91 Å². The third-order valence-electron chi connectivity index (χ3n) is 6.83. The number of furan rings is 1. The summed E-state index contributed by atoms with van der Waals surface area (Å²) in [7, 11) is 1.57. The lowest BCUT2D eigenvalue weighted by Crippen LogP contribution is -2.47. The van der Waals surface area contributed by atoms with Crippen molar-refractivity contribution in [3.05, 3.63) is 72.7 Å². The molecule has 0 spiro atoms. The Bertz CT molecular complexity index is 1340. The standard InChI is InChI=1S/C28H31N5O4/c1-36-22-12-7-11-21(19-22)33(26(34)16-17-32-24-14-6-5-13-23(24)30-31-32)27(25-15-8-18-37-25)28(35)29-20-9-3-2-4-10-20/h5-8,11-15,18-20,27H,2-4,9-10,16-17H2,1H3,(H,29,35). The minimum absolute atomic E-state index is 0.0856. The van der Waals surface area contributed by atoms with Gasteiger partial charge in [0.15, 0.2) is 6.04 Å². The highest BCUT2D eigenvalue weighted by atomic mass is 16.5. The molecule has 9 nitrogen and oxygen atoms in total. The number of carbonyl (C=O) groups is 2. The van der Waals surface area contributed by atoms with Gasteiger partial charge in [0, 0.05) is 24.2 Å². The molecule has 1 saturated carbocycles. The lowest BCUT2D eigenvalue weighted by atomic mass is 9.95. The molecule has 1 aliphatic carbocycles. The summed E-state index contributed by atoms with van der Waals surface area (Å²) in [6.07, 6.45) is 6.84. The number of nitrogens with one attached hydrogen (secondary N) is 1. The third kappa shape index (κ3) is 5.50. The molecule has 1 N–H and O–H groups in total. The molecule has 1 fully saturated rings. The van der Waals surface area contributed by atoms with E-state index in [9.17, 15) is 9.59 Å². The predicted molar refractivity (Wildman–Crippen MR) is 139 cm³/mol. The first-order chi connectivity index (χ1) is 18.1. The largest absolute Gasteiger partial charge is 0.497 e. The highest BCUT2D eigenvalue weighted by Crippen LogP contribution is 2.32. The van der Waals surface area contributed by atoms with Gasteiger partial charge in [0.2, 0.25) is 5.91 Å². The minimum Gasteiger partial charge on any atom is -0.497 e. The summed E-state index contributed by atoms with van der Waals surface area (Å²) in [6, 6.07) is 17.4. The van der Waals surface area contributed by atoms with Crippen molar-refractivity contribution >= 4 is 28.5 Å². The Labute approximate surface area is 215 Å². The van der Waals surface area contributed by atoms with Crippen molar-refractivity contribution in [1.29, 1.82) is 0 Å². The third-order valence-corrected chi connectivity index (χ3v) is 6.83. The lowest BCUT2D eigenvalue weighted by Gasteiger charge is -2.32. The van der Waals surface area contributed by atoms with Crippen LogP contribution in [0.2, 0.25) is 0 Å². The van der Waals surface area contributed by atoms with Crippen LogP contribution in [0.15, 0.2) is 71.3 Å². The Balaban J connectivity index is 1.47. The molecule has 0 bridgehead atoms. The molecule has 2 amide bonds. The number of methoxy groups -OCH3 is 1. The normalized spacial score (nSPS) is 14.8. The second kappa shape index (κ2) is 11.3. The zero-order valence-corrected chi connectivity index (χ0v) is 20.9. The molecule has 2 heterocycles. The van der Waals surface area contributed by atoms with Gasteiger partial charge in [-0.3, -0.25) is 14.5 Å². The fourth-order valence-corrected chi connectivity index (χ4v) is 4.95. The summed E-state index contributed by atoms with van der Waals surface area (Å²) < 4.78 is 12.8. The van der Waals surface area contributed by atoms with E-state index in [1.54, 1.807) is 48.2 Å². The van der Waals surface area contributed by atoms with Crippen LogP contribution in [0, 0.1) is 0 Å². The van der Waals surface area contributed by atoms with Gasteiger partial charge >= 0.3 is 0 Å². The smallest absolute Gasteiger partial charge is 0.251 e. The number of rotatable bonds is 9. The van der Waals surface area contributed by atoms with E-state index < -0.39 is 6.04 Å². The van der Waals surface area contributed by atoms with Crippen molar-refractivity contribution in [2.75, 3.05) is 12.0 Å². The molecular weight excluding hydrogens is 470 g/mol. The molecule has 5 rings (SSSR count). The average Bonchev–Trinajstić information content (AvgIpc) is 3.61. The Morgan fingerprint density at radius 3 is 2.73 bits per heavy atom. The van der Waals surface area contributed by atoms with E-state index in [1.165, 1.54) is 17.6 Å². The first kappa shape index (κ1) is 24.5. The zero-order chi connectivity index (χ0) is 25.6. The first-order valence-corrected chi connectivity index (χ1v) is 12.7. The van der Waals surface area contributed by atoms with Crippen LogP contribution in [0.5, 0.6) is 5.75 Å². The fourth-order valence-electron chi connectivity index (χ4n) is 4.95. The maximum Gasteiger partial charge on any atom is 0.251 e. The molecule has 1 unspecified atom stereocenters. The van der Waals surface area contributed by atoms with Crippen LogP contribution < -0.4 is 15.0 Å². The maximum atomic E-state index is 13.9. The van der Waals surface area contributed by atoms with Crippen molar-refractivity contribution in [2.45, 2.75) is 57.2 Å². The summed E-state index contributed by atoms with van der Waals surface area (Å²) in [6.45, 7) is 0.314. The van der Waals surface area contributed by atoms with Gasteiger partial charge in [-0.2, -0.15) is 0 Å². The Morgan fingerprint density at radius 2 is 1.95 bits per heavy atom. The molecule has 37 heavy (non-hydrogen) atoms. The number of aryl methyl sites for hydroxylation is 1. The molecule has 1 atom stereocenters. The second-order valence-corrected chi connectivity index (χ2v) is 9.28. The first-order valence-electron chi connectivity index (χ1n) is 12.7. The molecule has 192 valence electrons. The van der Waals surface area contributed by atoms with Crippen molar-refractivity contribution in [1.82, 2.24) is 20.3 Å². The minimum atomic E-state index is -0.968. The molecule has 0 radical (unpaired) electrons. The van der Waals surface area contributed by atoms with E-state index in [4.69, 9.17) is 9.15 Å². The van der Waals surface area contributed by atoms with Gasteiger partial charge in [0.1, 0.15) is 17.0 Å². The number of aromatic nitrogens is 3. The van der Waals surface area contributed by atoms with E-state index in [0.29, 0.717) is 23.7 Å². The Morgan fingerprint density at radius 1 is 1.11 bits per heavy atom. The van der Waals surface area contributed by atoms with Crippen molar-refractivity contribution < 1.29 is 18.7 Å². The van der Waals surface area contributed by atoms with Crippen LogP contribution in [0.1, 0.15) is 50.3 Å². The van der Waals surface area contributed by atoms with E-state index in [0.717, 1.165) is 36.7 Å². The van der Waals surface area contributed by atoms with Crippen LogP contribution in [0.3, 0.4) is 0 Å². The van der Waals surface area contributed by atoms with E-state index in [1.807, 2.05) is 24.3 Å². The summed E-state index contributed by atoms with van der Waals surface area (Å²) in [4.78, 5) is 29.2. The SMILES string of the molecule is COc1cccc(N(C(=O)CCn2nnc3ccccc32)C(C(=O)NC2CCCCC2)c2ccco2)c1. The summed E-state index contributed by atoms with van der Waals surface area (Å²) in [5.74, 6) is 0.483. The van der Waals surface area contributed by atoms with Crippen molar-refractivity contribution in [2.24, 2.45) is 0 Å². The monoisotopic (exact) mass is 501 g/mol. The number of ether oxygens (including phenoxy) is 1. The van der Waals surface area contributed by atoms with Crippen molar-refractivity contribution in [3.63, 3.8) is 0 Å². The van der Waals surface area contributed by atoms with Gasteiger partial charge in [-0.1, -0.05) is 42.7 Å². The summed E-state index contributed by atoms with van der Waals surface area (Å²) in [5, 5.41) is 11.6. The molecule has 9 heteroatoms. The zero-order valence-electron chi connectivity index (χ0n) is 20.9. The van der Waals surface area contributed by atoms with E-state index in [-0.39, 0.29) is 24.3 Å². The Hall–Kier alpha value is -4.14. The quantitative estimate of drug-likeness (QED) is 0.358. The summed E-state index contributed by atoms with van der Waals surface area (Å²) >= 11 is 0. The van der Waals surface area contributed by atoms with Crippen LogP contribution in [0.4, 0.5) is 5.69 Å². The number of para-hydroxylation sites is 1. The van der Waals surface area contributed by atoms with Gasteiger partial charge in [-0.15, -0.1) is 5.10 Å². The number of fused-ring (bicyclic) bond motifs is 1. The number of hydrogen-bond donors (Lipinski definition) is 1. The summed E-state index contributed by atoms with van der Waals surface area (Å²) in [5.41, 5.74) is 2.16. The number of carbonyl (C=O) groups excluding carboxylic acids is 2. The van der Waals surface area contributed by atoms with E-state index >= 15 is 0 Å². The lowest BCUT2D eigenvalue weighted by molar-refractivity contribution is -0.127. The molecular formula is C28H31N5O4. The van der Waals surface area contributed by atoms with Gasteiger partial charge < -0.3 is 14.5 Å². The van der Waals surface area contributed by atoms with Gasteiger partial charge in [0.05, 0.1) is 25.4 Å². The van der Waals surface area contributed by atoms with Gasteiger partial charge in [-0.05, 0) is 49.2 Å². The Kier molecular flexibility index (Phi) is 7.49. The molecule has 2 aromatic carbocycles. The molecule has 2 aromatic heterocycles. The number of hydrogen-bond acceptors (Lipinski definition) is 6. The number of nitrogens with zero attached hydrogens (tertiary/aromatic N) is 4. The maximum absolute atomic E-state index is 13.9. The molecule has 4 aromatic rings. The predicted octanol–water partition coefficient (Wildman–Crippen LogP) is 4.65. The highest BCUT2D eigenvalue weighted by molar-refractivity contribution is 6.01. The molecule has 0 aliphatic heterocycles. The highest BCUT2D eigenvalue weighted by Gasteiger charge is 2.36. The molecule has 1 aliphatic rings. The average molecular weight is 502 g/mol. The second-order valence-electron chi connectivity index (χ2n) is 9.28. The van der Waals surface area contributed by atoms with Crippen LogP contribution >= 0.6 is 0 Å². The van der Waals surface area contributed by atoms with Crippen LogP contribution in [0.25, 0.3) is 11.0 Å². The fraction of sp³-hybridized carbons (Fsp3) is 0.357. The number of benzene rings is 2.